The maximum Gasteiger partial charge on any atom is 0.321 e. The summed E-state index contributed by atoms with van der Waals surface area (Å²) in [6, 6.07) is 20.8. The molecule has 0 fully saturated rings. The Morgan fingerprint density at radius 3 is 2.12 bits per heavy atom. The smallest absolute Gasteiger partial charge is 0.321 e. The van der Waals surface area contributed by atoms with Crippen molar-refractivity contribution < 1.29 is 21.9 Å². The third-order valence-corrected chi connectivity index (χ3v) is 11.2. The molecule has 42 heavy (non-hydrogen) atoms. The van der Waals surface area contributed by atoms with Gasteiger partial charge < -0.3 is 10.0 Å². The Balaban J connectivity index is 1.86. The Labute approximate surface area is 251 Å². The molecule has 228 valence electrons. The van der Waals surface area contributed by atoms with Gasteiger partial charge in [-0.2, -0.15) is 8.42 Å². The quantitative estimate of drug-likeness (QED) is 0.225. The van der Waals surface area contributed by atoms with Crippen LogP contribution in [-0.2, 0) is 20.0 Å². The van der Waals surface area contributed by atoms with Gasteiger partial charge in [-0.15, -0.1) is 0 Å². The van der Waals surface area contributed by atoms with E-state index in [1.165, 1.54) is 0 Å². The Bertz CT molecular complexity index is 1570. The zero-order valence-corrected chi connectivity index (χ0v) is 26.5. The zero-order chi connectivity index (χ0) is 30.5. The molecule has 8 nitrogen and oxygen atoms in total. The molecule has 0 spiro atoms. The minimum Gasteiger partial charge on any atom is -0.392 e. The highest BCUT2D eigenvalue weighted by molar-refractivity contribution is 7.94. The van der Waals surface area contributed by atoms with Crippen LogP contribution < -0.4 is 14.3 Å². The van der Waals surface area contributed by atoms with Crippen molar-refractivity contribution in [3.63, 3.8) is 0 Å². The number of unbranched alkanes of at least 4 members (excludes halogenated alkanes) is 2. The van der Waals surface area contributed by atoms with E-state index in [0.717, 1.165) is 31.4 Å². The molecular formula is C32H43N3O5S2. The van der Waals surface area contributed by atoms with Crippen molar-refractivity contribution >= 4 is 37.1 Å². The minimum atomic E-state index is -3.96. The number of hydrogen-bond acceptors (Lipinski definition) is 6. The lowest BCUT2D eigenvalue weighted by molar-refractivity contribution is 0.0127. The van der Waals surface area contributed by atoms with Crippen LogP contribution in [0.25, 0.3) is 0 Å². The van der Waals surface area contributed by atoms with Gasteiger partial charge in [-0.25, -0.2) is 8.42 Å². The molecule has 0 saturated heterocycles. The molecule has 0 saturated carbocycles. The predicted molar refractivity (Wildman–Crippen MR) is 171 cm³/mol. The molecule has 0 bridgehead atoms. The molecule has 3 N–H and O–H groups in total. The van der Waals surface area contributed by atoms with Crippen LogP contribution in [-0.4, -0.2) is 47.9 Å². The third kappa shape index (κ3) is 7.10. The summed E-state index contributed by atoms with van der Waals surface area (Å²) >= 11 is 0. The molecule has 10 heteroatoms. The number of fused-ring (bicyclic) bond motifs is 1. The number of para-hydroxylation sites is 1. The summed E-state index contributed by atoms with van der Waals surface area (Å²) in [4.78, 5) is 2.13. The molecule has 3 aromatic carbocycles. The van der Waals surface area contributed by atoms with Gasteiger partial charge in [0.15, 0.2) is 9.84 Å². The number of rotatable bonds is 12. The lowest BCUT2D eigenvalue weighted by atomic mass is 9.68. The van der Waals surface area contributed by atoms with Gasteiger partial charge in [0, 0.05) is 31.1 Å². The van der Waals surface area contributed by atoms with E-state index >= 15 is 0 Å². The minimum absolute atomic E-state index is 0.126. The average Bonchev–Trinajstić information content (AvgIpc) is 3.01. The van der Waals surface area contributed by atoms with Crippen molar-refractivity contribution in [1.29, 1.82) is 0 Å². The number of hydrogen-bond donors (Lipinski definition) is 3. The van der Waals surface area contributed by atoms with Gasteiger partial charge in [-0.1, -0.05) is 69.9 Å². The van der Waals surface area contributed by atoms with Gasteiger partial charge in [0.1, 0.15) is 0 Å². The van der Waals surface area contributed by atoms with Gasteiger partial charge >= 0.3 is 10.2 Å². The second kappa shape index (κ2) is 13.1. The first-order valence-electron chi connectivity index (χ1n) is 14.6. The number of aliphatic hydroxyl groups is 1. The van der Waals surface area contributed by atoms with Crippen LogP contribution >= 0.6 is 0 Å². The molecule has 3 aromatic rings. The Morgan fingerprint density at radius 1 is 0.881 bits per heavy atom. The van der Waals surface area contributed by atoms with Gasteiger partial charge in [-0.3, -0.25) is 9.44 Å². The van der Waals surface area contributed by atoms with Crippen molar-refractivity contribution in [3.05, 3.63) is 83.9 Å². The van der Waals surface area contributed by atoms with E-state index in [-0.39, 0.29) is 10.6 Å². The molecular weight excluding hydrogens is 571 g/mol. The lowest BCUT2D eigenvalue weighted by Crippen LogP contribution is -2.43. The molecule has 0 unspecified atom stereocenters. The first-order valence-corrected chi connectivity index (χ1v) is 17.7. The molecule has 0 aromatic heterocycles. The monoisotopic (exact) mass is 613 g/mol. The molecule has 1 heterocycles. The van der Waals surface area contributed by atoms with Gasteiger partial charge in [0.25, 0.3) is 0 Å². The third-order valence-electron chi connectivity index (χ3n) is 8.18. The Hall–Kier alpha value is -3.08. The Kier molecular flexibility index (Phi) is 9.90. The van der Waals surface area contributed by atoms with Crippen LogP contribution in [0.1, 0.15) is 69.4 Å². The highest BCUT2D eigenvalue weighted by atomic mass is 32.2. The second-order valence-electron chi connectivity index (χ2n) is 11.6. The van der Waals surface area contributed by atoms with Gasteiger partial charge in [-0.05, 0) is 66.4 Å². The maximum absolute atomic E-state index is 14.0. The van der Waals surface area contributed by atoms with Crippen LogP contribution in [0, 0.1) is 5.41 Å². The summed E-state index contributed by atoms with van der Waals surface area (Å²) in [6.45, 7) is 4.14. The molecule has 1 aliphatic heterocycles. The van der Waals surface area contributed by atoms with Crippen LogP contribution in [0.15, 0.2) is 77.7 Å². The zero-order valence-electron chi connectivity index (χ0n) is 24.9. The number of anilines is 3. The van der Waals surface area contributed by atoms with Crippen molar-refractivity contribution in [2.75, 3.05) is 34.2 Å². The lowest BCUT2D eigenvalue weighted by Gasteiger charge is -2.40. The van der Waals surface area contributed by atoms with E-state index in [9.17, 15) is 21.9 Å². The molecule has 1 aliphatic rings. The van der Waals surface area contributed by atoms with E-state index in [1.54, 1.807) is 60.7 Å². The normalized spacial score (nSPS) is 19.4. The molecule has 0 amide bonds. The summed E-state index contributed by atoms with van der Waals surface area (Å²) < 4.78 is 59.1. The van der Waals surface area contributed by atoms with Crippen LogP contribution in [0.4, 0.5) is 17.1 Å². The topological polar surface area (TPSA) is 116 Å². The maximum atomic E-state index is 14.0. The van der Waals surface area contributed by atoms with Gasteiger partial charge in [0.2, 0.25) is 0 Å². The fourth-order valence-electron chi connectivity index (χ4n) is 6.03. The fraction of sp³-hybridized carbons (Fsp3) is 0.438. The summed E-state index contributed by atoms with van der Waals surface area (Å²) in [7, 11) is -3.92. The SMILES string of the molecule is CCCCC1(CCCC)CS(=O)(=O)c2ccc(N(C)C)cc2[C@@H](c2cccc(NS(=O)(=O)Nc3ccccc3)c2)[C@H]1O. The summed E-state index contributed by atoms with van der Waals surface area (Å²) in [5.41, 5.74) is 1.89. The van der Waals surface area contributed by atoms with Crippen molar-refractivity contribution in [2.45, 2.75) is 69.3 Å². The van der Waals surface area contributed by atoms with E-state index in [1.807, 2.05) is 31.1 Å². The molecule has 2 atom stereocenters. The summed E-state index contributed by atoms with van der Waals surface area (Å²) in [5, 5.41) is 12.4. The predicted octanol–water partition coefficient (Wildman–Crippen LogP) is 6.17. The first kappa shape index (κ1) is 31.8. The van der Waals surface area contributed by atoms with Crippen LogP contribution in [0.5, 0.6) is 0 Å². The number of aliphatic hydroxyl groups excluding tert-OH is 1. The van der Waals surface area contributed by atoms with E-state index < -0.39 is 37.5 Å². The van der Waals surface area contributed by atoms with Crippen molar-refractivity contribution in [3.8, 4) is 0 Å². The standard InChI is InChI=1S/C32H43N3O5S2/c1-5-7-19-32(20-8-6-2)23-41(37,38)29-18-17-27(35(3)4)22-28(29)30(31(32)36)24-13-12-16-26(21-24)34-42(39,40)33-25-14-10-9-11-15-25/h9-18,21-22,30-31,33-34,36H,5-8,19-20,23H2,1-4H3/t30-,31-/m1/s1. The number of benzene rings is 3. The largest absolute Gasteiger partial charge is 0.392 e. The highest BCUT2D eigenvalue weighted by Crippen LogP contribution is 2.50. The molecule has 0 radical (unpaired) electrons. The Morgan fingerprint density at radius 2 is 1.50 bits per heavy atom. The first-order chi connectivity index (χ1) is 19.9. The van der Waals surface area contributed by atoms with Gasteiger partial charge in [0.05, 0.1) is 28.1 Å². The van der Waals surface area contributed by atoms with E-state index in [4.69, 9.17) is 0 Å². The van der Waals surface area contributed by atoms with E-state index in [2.05, 4.69) is 23.3 Å². The van der Waals surface area contributed by atoms with Crippen LogP contribution in [0.3, 0.4) is 0 Å². The fourth-order valence-corrected chi connectivity index (χ4v) is 9.15. The van der Waals surface area contributed by atoms with E-state index in [0.29, 0.717) is 35.3 Å². The van der Waals surface area contributed by atoms with Crippen molar-refractivity contribution in [2.24, 2.45) is 5.41 Å². The second-order valence-corrected chi connectivity index (χ2v) is 14.9. The summed E-state index contributed by atoms with van der Waals surface area (Å²) in [6.07, 6.45) is 3.53. The summed E-state index contributed by atoms with van der Waals surface area (Å²) in [5.74, 6) is -0.809. The van der Waals surface area contributed by atoms with Crippen LogP contribution in [0.2, 0.25) is 0 Å². The number of nitrogens with one attached hydrogen (secondary N) is 2. The molecule has 0 aliphatic carbocycles. The average molecular weight is 614 g/mol. The number of sulfone groups is 1. The van der Waals surface area contributed by atoms with Crippen molar-refractivity contribution in [1.82, 2.24) is 0 Å². The highest BCUT2D eigenvalue weighted by Gasteiger charge is 2.49. The molecule has 4 rings (SSSR count). The number of nitrogens with zero attached hydrogens (tertiary/aromatic N) is 1.